The molecule has 3 aromatic rings. The lowest BCUT2D eigenvalue weighted by Gasteiger charge is -2.17. The Morgan fingerprint density at radius 2 is 2.12 bits per heavy atom. The van der Waals surface area contributed by atoms with Crippen molar-refractivity contribution < 1.29 is 13.9 Å². The van der Waals surface area contributed by atoms with Gasteiger partial charge in [0.1, 0.15) is 17.6 Å². The minimum absolute atomic E-state index is 0.304. The Bertz CT molecular complexity index is 826. The molecule has 0 aliphatic heterocycles. The van der Waals surface area contributed by atoms with Gasteiger partial charge in [-0.25, -0.2) is 9.48 Å². The standard InChI is InChI=1S/C18H20N4O3/c1-13-6-3-4-7-15(13)22-17(9-10-19-22)21-18(23)20-14(12-24-2)16-8-5-11-25-16/h3-11,14H,12H2,1-2H3,(H2,20,21,23). The molecule has 0 saturated heterocycles. The van der Waals surface area contributed by atoms with E-state index in [0.29, 0.717) is 18.2 Å². The zero-order valence-electron chi connectivity index (χ0n) is 14.1. The number of aromatic nitrogens is 2. The van der Waals surface area contributed by atoms with Gasteiger partial charge in [-0.05, 0) is 30.7 Å². The molecule has 2 heterocycles. The number of nitrogens with zero attached hydrogens (tertiary/aromatic N) is 2. The molecule has 0 fully saturated rings. The second kappa shape index (κ2) is 7.67. The summed E-state index contributed by atoms with van der Waals surface area (Å²) in [6.45, 7) is 2.30. The van der Waals surface area contributed by atoms with Crippen molar-refractivity contribution in [2.75, 3.05) is 19.0 Å². The number of urea groups is 1. The number of benzene rings is 1. The number of ether oxygens (including phenoxy) is 1. The second-order valence-electron chi connectivity index (χ2n) is 5.54. The molecular weight excluding hydrogens is 320 g/mol. The van der Waals surface area contributed by atoms with Crippen molar-refractivity contribution in [1.82, 2.24) is 15.1 Å². The van der Waals surface area contributed by atoms with Crippen LogP contribution < -0.4 is 10.6 Å². The van der Waals surface area contributed by atoms with Crippen LogP contribution in [0.25, 0.3) is 5.69 Å². The van der Waals surface area contributed by atoms with Crippen LogP contribution in [0.1, 0.15) is 17.4 Å². The van der Waals surface area contributed by atoms with E-state index >= 15 is 0 Å². The third-order valence-electron chi connectivity index (χ3n) is 3.75. The van der Waals surface area contributed by atoms with Crippen molar-refractivity contribution in [3.8, 4) is 5.69 Å². The number of rotatable bonds is 6. The van der Waals surface area contributed by atoms with Gasteiger partial charge in [0, 0.05) is 13.2 Å². The third kappa shape index (κ3) is 3.89. The molecule has 0 aliphatic carbocycles. The van der Waals surface area contributed by atoms with Gasteiger partial charge in [0.25, 0.3) is 0 Å². The number of anilines is 1. The number of aryl methyl sites for hydroxylation is 1. The summed E-state index contributed by atoms with van der Waals surface area (Å²) < 4.78 is 12.2. The van der Waals surface area contributed by atoms with Crippen LogP contribution in [0.3, 0.4) is 0 Å². The number of furan rings is 1. The molecule has 2 aromatic heterocycles. The van der Waals surface area contributed by atoms with Crippen molar-refractivity contribution in [2.45, 2.75) is 13.0 Å². The number of para-hydroxylation sites is 1. The summed E-state index contributed by atoms with van der Waals surface area (Å²) >= 11 is 0. The predicted molar refractivity (Wildman–Crippen MR) is 93.8 cm³/mol. The van der Waals surface area contributed by atoms with Gasteiger partial charge in [-0.15, -0.1) is 0 Å². The number of carbonyl (C=O) groups is 1. The van der Waals surface area contributed by atoms with E-state index in [1.54, 1.807) is 42.5 Å². The summed E-state index contributed by atoms with van der Waals surface area (Å²) in [5.74, 6) is 1.20. The van der Waals surface area contributed by atoms with Crippen molar-refractivity contribution in [3.05, 3.63) is 66.2 Å². The summed E-state index contributed by atoms with van der Waals surface area (Å²) in [5, 5.41) is 9.96. The third-order valence-corrected chi connectivity index (χ3v) is 3.75. The van der Waals surface area contributed by atoms with Crippen molar-refractivity contribution >= 4 is 11.8 Å². The Morgan fingerprint density at radius 3 is 2.84 bits per heavy atom. The Hall–Kier alpha value is -3.06. The molecule has 0 radical (unpaired) electrons. The molecule has 0 saturated carbocycles. The first kappa shape index (κ1) is 16.8. The molecule has 1 aromatic carbocycles. The molecule has 3 rings (SSSR count). The molecular formula is C18H20N4O3. The Kier molecular flexibility index (Phi) is 5.15. The summed E-state index contributed by atoms with van der Waals surface area (Å²) in [7, 11) is 1.57. The lowest BCUT2D eigenvalue weighted by atomic mass is 10.2. The highest BCUT2D eigenvalue weighted by Crippen LogP contribution is 2.19. The summed E-state index contributed by atoms with van der Waals surface area (Å²) in [5.41, 5.74) is 1.96. The zero-order chi connectivity index (χ0) is 17.6. The monoisotopic (exact) mass is 340 g/mol. The van der Waals surface area contributed by atoms with E-state index in [1.807, 2.05) is 31.2 Å². The van der Waals surface area contributed by atoms with Gasteiger partial charge >= 0.3 is 6.03 Å². The largest absolute Gasteiger partial charge is 0.467 e. The normalized spacial score (nSPS) is 11.9. The van der Waals surface area contributed by atoms with Gasteiger partial charge in [-0.2, -0.15) is 5.10 Å². The van der Waals surface area contributed by atoms with E-state index in [9.17, 15) is 4.79 Å². The van der Waals surface area contributed by atoms with Crippen LogP contribution >= 0.6 is 0 Å². The lowest BCUT2D eigenvalue weighted by Crippen LogP contribution is -2.35. The first-order valence-electron chi connectivity index (χ1n) is 7.89. The molecule has 0 aliphatic rings. The van der Waals surface area contributed by atoms with Gasteiger partial charge in [0.2, 0.25) is 0 Å². The van der Waals surface area contributed by atoms with Gasteiger partial charge in [0.15, 0.2) is 0 Å². The number of hydrogen-bond acceptors (Lipinski definition) is 4. The predicted octanol–water partition coefficient (Wildman–Crippen LogP) is 3.28. The molecule has 0 spiro atoms. The van der Waals surface area contributed by atoms with Crippen LogP contribution in [-0.4, -0.2) is 29.5 Å². The number of amides is 2. The molecule has 1 atom stereocenters. The molecule has 7 nitrogen and oxygen atoms in total. The van der Waals surface area contributed by atoms with Crippen LogP contribution in [0.5, 0.6) is 0 Å². The molecule has 1 unspecified atom stereocenters. The van der Waals surface area contributed by atoms with Crippen LogP contribution in [0.2, 0.25) is 0 Å². The topological polar surface area (TPSA) is 81.3 Å². The Balaban J connectivity index is 1.74. The average Bonchev–Trinajstić information content (AvgIpc) is 3.27. The van der Waals surface area contributed by atoms with Crippen LogP contribution in [0, 0.1) is 6.92 Å². The Labute approximate surface area is 145 Å². The van der Waals surface area contributed by atoms with Gasteiger partial charge in [0.05, 0.1) is 24.8 Å². The highest BCUT2D eigenvalue weighted by Gasteiger charge is 2.18. The molecule has 130 valence electrons. The number of methoxy groups -OCH3 is 1. The van der Waals surface area contributed by atoms with E-state index in [0.717, 1.165) is 11.3 Å². The minimum atomic E-state index is -0.380. The molecule has 7 heteroatoms. The summed E-state index contributed by atoms with van der Waals surface area (Å²) in [6, 6.07) is 12.4. The molecule has 2 N–H and O–H groups in total. The van der Waals surface area contributed by atoms with Crippen LogP contribution in [-0.2, 0) is 4.74 Å². The number of hydrogen-bond donors (Lipinski definition) is 2. The van der Waals surface area contributed by atoms with Crippen molar-refractivity contribution in [2.24, 2.45) is 0 Å². The van der Waals surface area contributed by atoms with Crippen molar-refractivity contribution in [3.63, 3.8) is 0 Å². The molecule has 0 bridgehead atoms. The van der Waals surface area contributed by atoms with E-state index in [2.05, 4.69) is 15.7 Å². The zero-order valence-corrected chi connectivity index (χ0v) is 14.1. The van der Waals surface area contributed by atoms with Gasteiger partial charge in [-0.1, -0.05) is 18.2 Å². The lowest BCUT2D eigenvalue weighted by molar-refractivity contribution is 0.159. The second-order valence-corrected chi connectivity index (χ2v) is 5.54. The average molecular weight is 340 g/mol. The first-order valence-corrected chi connectivity index (χ1v) is 7.89. The van der Waals surface area contributed by atoms with Crippen LogP contribution in [0.15, 0.2) is 59.3 Å². The van der Waals surface area contributed by atoms with E-state index in [4.69, 9.17) is 9.15 Å². The fraction of sp³-hybridized carbons (Fsp3) is 0.222. The number of carbonyl (C=O) groups excluding carboxylic acids is 1. The summed E-state index contributed by atoms with van der Waals surface area (Å²) in [6.07, 6.45) is 3.20. The highest BCUT2D eigenvalue weighted by molar-refractivity contribution is 5.88. The van der Waals surface area contributed by atoms with E-state index in [-0.39, 0.29) is 12.1 Å². The maximum absolute atomic E-state index is 12.4. The van der Waals surface area contributed by atoms with Gasteiger partial charge in [-0.3, -0.25) is 5.32 Å². The maximum Gasteiger partial charge on any atom is 0.321 e. The quantitative estimate of drug-likeness (QED) is 0.721. The SMILES string of the molecule is COCC(NC(=O)Nc1ccnn1-c1ccccc1C)c1ccco1. The van der Waals surface area contributed by atoms with Crippen molar-refractivity contribution in [1.29, 1.82) is 0 Å². The summed E-state index contributed by atoms with van der Waals surface area (Å²) in [4.78, 5) is 12.4. The van der Waals surface area contributed by atoms with Gasteiger partial charge < -0.3 is 14.5 Å². The van der Waals surface area contributed by atoms with E-state index < -0.39 is 0 Å². The Morgan fingerprint density at radius 1 is 1.28 bits per heavy atom. The molecule has 2 amide bonds. The highest BCUT2D eigenvalue weighted by atomic mass is 16.5. The first-order chi connectivity index (χ1) is 12.2. The fourth-order valence-electron chi connectivity index (χ4n) is 2.55. The minimum Gasteiger partial charge on any atom is -0.467 e. The fourth-order valence-corrected chi connectivity index (χ4v) is 2.55. The van der Waals surface area contributed by atoms with Crippen LogP contribution in [0.4, 0.5) is 10.6 Å². The maximum atomic E-state index is 12.4. The number of nitrogens with one attached hydrogen (secondary N) is 2. The van der Waals surface area contributed by atoms with E-state index in [1.165, 1.54) is 0 Å². The molecule has 25 heavy (non-hydrogen) atoms. The smallest absolute Gasteiger partial charge is 0.321 e.